The van der Waals surface area contributed by atoms with Gasteiger partial charge < -0.3 is 9.84 Å². The van der Waals surface area contributed by atoms with Gasteiger partial charge in [-0.3, -0.25) is 9.80 Å². The fraction of sp³-hybridized carbons (Fsp3) is 0.500. The Balaban J connectivity index is 1.58. The van der Waals surface area contributed by atoms with Crippen LogP contribution in [0.5, 0.6) is 5.75 Å². The summed E-state index contributed by atoms with van der Waals surface area (Å²) in [5.74, 6) is -0.441. The molecule has 34 heavy (non-hydrogen) atoms. The second kappa shape index (κ2) is 9.96. The molecule has 0 bridgehead atoms. The Hall–Kier alpha value is -2.58. The topological polar surface area (TPSA) is 53.0 Å². The minimum Gasteiger partial charge on any atom is -0.478 e. The maximum Gasteiger partial charge on any atom is 0.416 e. The van der Waals surface area contributed by atoms with Crippen LogP contribution in [-0.2, 0) is 24.1 Å². The number of rotatable bonds is 7. The summed E-state index contributed by atoms with van der Waals surface area (Å²) < 4.78 is 44.5. The SMILES string of the molecule is Cc1cc(C(F)(F)F)ccc1CN1CCN(Cc2ccc(OC(C)(C)C(=O)O)c(C)c2C)CC1. The molecule has 8 heteroatoms. The molecule has 0 unspecified atom stereocenters. The summed E-state index contributed by atoms with van der Waals surface area (Å²) in [5.41, 5.74) is 2.87. The first-order chi connectivity index (χ1) is 15.8. The van der Waals surface area contributed by atoms with Gasteiger partial charge >= 0.3 is 12.1 Å². The third-order valence-electron chi connectivity index (χ3n) is 6.65. The van der Waals surface area contributed by atoms with Gasteiger partial charge in [0, 0.05) is 39.3 Å². The number of ether oxygens (including phenoxy) is 1. The van der Waals surface area contributed by atoms with Crippen LogP contribution in [0.2, 0.25) is 0 Å². The number of alkyl halides is 3. The van der Waals surface area contributed by atoms with Gasteiger partial charge in [-0.1, -0.05) is 12.1 Å². The molecule has 1 aliphatic heterocycles. The maximum atomic E-state index is 12.9. The molecule has 1 fully saturated rings. The Bertz CT molecular complexity index is 1040. The number of aliphatic carboxylic acids is 1. The molecule has 0 spiro atoms. The second-order valence-electron chi connectivity index (χ2n) is 9.58. The highest BCUT2D eigenvalue weighted by atomic mass is 19.4. The van der Waals surface area contributed by atoms with E-state index in [0.717, 1.165) is 55.5 Å². The van der Waals surface area contributed by atoms with Crippen LogP contribution in [0.15, 0.2) is 30.3 Å². The lowest BCUT2D eigenvalue weighted by Crippen LogP contribution is -2.45. The number of aryl methyl sites for hydroxylation is 1. The molecule has 186 valence electrons. The van der Waals surface area contributed by atoms with Gasteiger partial charge in [0.1, 0.15) is 5.75 Å². The number of carbonyl (C=O) groups is 1. The zero-order valence-corrected chi connectivity index (χ0v) is 20.4. The summed E-state index contributed by atoms with van der Waals surface area (Å²) >= 11 is 0. The van der Waals surface area contributed by atoms with Crippen molar-refractivity contribution in [2.75, 3.05) is 26.2 Å². The number of carboxylic acids is 1. The first-order valence-electron chi connectivity index (χ1n) is 11.4. The number of hydrogen-bond acceptors (Lipinski definition) is 4. The normalized spacial score (nSPS) is 16.0. The molecule has 0 atom stereocenters. The van der Waals surface area contributed by atoms with Crippen LogP contribution >= 0.6 is 0 Å². The van der Waals surface area contributed by atoms with Crippen LogP contribution in [0.4, 0.5) is 13.2 Å². The Morgan fingerprint density at radius 1 is 0.912 bits per heavy atom. The summed E-state index contributed by atoms with van der Waals surface area (Å²) in [6, 6.07) is 7.81. The quantitative estimate of drug-likeness (QED) is 0.594. The molecule has 0 radical (unpaired) electrons. The number of nitrogens with zero attached hydrogens (tertiary/aromatic N) is 2. The van der Waals surface area contributed by atoms with E-state index in [4.69, 9.17) is 4.74 Å². The van der Waals surface area contributed by atoms with Crippen molar-refractivity contribution in [3.05, 3.63) is 63.7 Å². The molecular formula is C26H33F3N2O3. The molecular weight excluding hydrogens is 445 g/mol. The number of carboxylic acid groups (broad SMARTS) is 1. The van der Waals surface area contributed by atoms with E-state index in [2.05, 4.69) is 9.80 Å². The summed E-state index contributed by atoms with van der Waals surface area (Å²) in [4.78, 5) is 16.0. The summed E-state index contributed by atoms with van der Waals surface area (Å²) in [6.45, 7) is 13.6. The van der Waals surface area contributed by atoms with E-state index in [9.17, 15) is 23.1 Å². The van der Waals surface area contributed by atoms with Gasteiger partial charge in [-0.05, 0) is 80.6 Å². The molecule has 1 saturated heterocycles. The molecule has 2 aromatic carbocycles. The average molecular weight is 479 g/mol. The van der Waals surface area contributed by atoms with Gasteiger partial charge in [-0.2, -0.15) is 13.2 Å². The standard InChI is InChI=1S/C26H33F3N2O3/c1-17-14-22(26(27,28)29)8-6-20(17)15-30-10-12-31(13-11-30)16-21-7-9-23(19(3)18(21)2)34-25(4,5)24(32)33/h6-9,14H,10-13,15-16H2,1-5H3,(H,32,33). The molecule has 2 aromatic rings. The first kappa shape index (κ1) is 26.0. The number of piperazine rings is 1. The Morgan fingerprint density at radius 2 is 1.44 bits per heavy atom. The second-order valence-corrected chi connectivity index (χ2v) is 9.58. The summed E-state index contributed by atoms with van der Waals surface area (Å²) in [7, 11) is 0. The van der Waals surface area contributed by atoms with Gasteiger partial charge in [0.05, 0.1) is 5.56 Å². The Labute approximate surface area is 199 Å². The third-order valence-corrected chi connectivity index (χ3v) is 6.65. The fourth-order valence-electron chi connectivity index (χ4n) is 4.09. The molecule has 1 aliphatic rings. The van der Waals surface area contributed by atoms with E-state index in [1.54, 1.807) is 13.0 Å². The lowest BCUT2D eigenvalue weighted by Gasteiger charge is -2.35. The van der Waals surface area contributed by atoms with E-state index >= 15 is 0 Å². The van der Waals surface area contributed by atoms with Crippen molar-refractivity contribution in [2.24, 2.45) is 0 Å². The van der Waals surface area contributed by atoms with Crippen LogP contribution in [0, 0.1) is 20.8 Å². The third kappa shape index (κ3) is 6.10. The maximum absolute atomic E-state index is 12.9. The summed E-state index contributed by atoms with van der Waals surface area (Å²) in [5, 5.41) is 9.33. The summed E-state index contributed by atoms with van der Waals surface area (Å²) in [6.07, 6.45) is -4.32. The van der Waals surface area contributed by atoms with Crippen molar-refractivity contribution >= 4 is 5.97 Å². The van der Waals surface area contributed by atoms with Crippen molar-refractivity contribution in [3.8, 4) is 5.75 Å². The van der Waals surface area contributed by atoms with Crippen LogP contribution in [0.3, 0.4) is 0 Å². The molecule has 0 saturated carbocycles. The molecule has 5 nitrogen and oxygen atoms in total. The van der Waals surface area contributed by atoms with E-state index in [1.165, 1.54) is 25.5 Å². The van der Waals surface area contributed by atoms with E-state index < -0.39 is 23.3 Å². The highest BCUT2D eigenvalue weighted by Crippen LogP contribution is 2.31. The van der Waals surface area contributed by atoms with Crippen molar-refractivity contribution < 1.29 is 27.8 Å². The smallest absolute Gasteiger partial charge is 0.416 e. The van der Waals surface area contributed by atoms with Crippen LogP contribution < -0.4 is 4.74 Å². The lowest BCUT2D eigenvalue weighted by molar-refractivity contribution is -0.152. The molecule has 0 aromatic heterocycles. The Kier molecular flexibility index (Phi) is 7.62. The molecule has 1 heterocycles. The van der Waals surface area contributed by atoms with Gasteiger partial charge in [-0.15, -0.1) is 0 Å². The van der Waals surface area contributed by atoms with Crippen molar-refractivity contribution in [2.45, 2.75) is 59.5 Å². The van der Waals surface area contributed by atoms with Gasteiger partial charge in [0.2, 0.25) is 0 Å². The number of benzene rings is 2. The van der Waals surface area contributed by atoms with E-state index in [0.29, 0.717) is 17.9 Å². The van der Waals surface area contributed by atoms with Crippen molar-refractivity contribution in [3.63, 3.8) is 0 Å². The van der Waals surface area contributed by atoms with Crippen molar-refractivity contribution in [1.82, 2.24) is 9.80 Å². The predicted octanol–water partition coefficient (Wildman–Crippen LogP) is 5.19. The minimum absolute atomic E-state index is 0.574. The zero-order valence-electron chi connectivity index (χ0n) is 20.4. The predicted molar refractivity (Wildman–Crippen MR) is 125 cm³/mol. The van der Waals surface area contributed by atoms with Gasteiger partial charge in [0.25, 0.3) is 0 Å². The van der Waals surface area contributed by atoms with Gasteiger partial charge in [-0.25, -0.2) is 4.79 Å². The zero-order chi connectivity index (χ0) is 25.3. The molecule has 3 rings (SSSR count). The number of halogens is 3. The number of hydrogen-bond donors (Lipinski definition) is 1. The average Bonchev–Trinajstić information content (AvgIpc) is 2.75. The van der Waals surface area contributed by atoms with Crippen LogP contribution in [-0.4, -0.2) is 52.7 Å². The van der Waals surface area contributed by atoms with Crippen molar-refractivity contribution in [1.29, 1.82) is 0 Å². The van der Waals surface area contributed by atoms with E-state index in [-0.39, 0.29) is 0 Å². The fourth-order valence-corrected chi connectivity index (χ4v) is 4.09. The largest absolute Gasteiger partial charge is 0.478 e. The minimum atomic E-state index is -4.32. The highest BCUT2D eigenvalue weighted by molar-refractivity contribution is 5.76. The lowest BCUT2D eigenvalue weighted by atomic mass is 10.0. The first-order valence-corrected chi connectivity index (χ1v) is 11.4. The Morgan fingerprint density at radius 3 is 1.94 bits per heavy atom. The van der Waals surface area contributed by atoms with E-state index in [1.807, 2.05) is 26.0 Å². The molecule has 0 amide bonds. The monoisotopic (exact) mass is 478 g/mol. The van der Waals surface area contributed by atoms with Crippen LogP contribution in [0.1, 0.15) is 47.2 Å². The highest BCUT2D eigenvalue weighted by Gasteiger charge is 2.31. The molecule has 0 aliphatic carbocycles. The van der Waals surface area contributed by atoms with Crippen LogP contribution in [0.25, 0.3) is 0 Å². The van der Waals surface area contributed by atoms with Gasteiger partial charge in [0.15, 0.2) is 5.60 Å². The molecule has 1 N–H and O–H groups in total.